The zero-order chi connectivity index (χ0) is 11.4. The van der Waals surface area contributed by atoms with E-state index in [1.54, 1.807) is 13.3 Å². The number of hydrogen-bond acceptors (Lipinski definition) is 4. The highest BCUT2D eigenvalue weighted by molar-refractivity contribution is 5.78. The Morgan fingerprint density at radius 3 is 3.06 bits per heavy atom. The lowest BCUT2D eigenvalue weighted by molar-refractivity contribution is 0.167. The van der Waals surface area contributed by atoms with Crippen LogP contribution in [0.4, 0.5) is 0 Å². The molecule has 4 heteroatoms. The van der Waals surface area contributed by atoms with Crippen LogP contribution >= 0.6 is 0 Å². The van der Waals surface area contributed by atoms with E-state index >= 15 is 0 Å². The molecule has 0 saturated heterocycles. The number of benzene rings is 1. The molecule has 0 fully saturated rings. The molecule has 0 spiro atoms. The second-order valence-corrected chi connectivity index (χ2v) is 3.63. The largest absolute Gasteiger partial charge is 0.383 e. The van der Waals surface area contributed by atoms with Gasteiger partial charge in [0.05, 0.1) is 18.2 Å². The third-order valence-electron chi connectivity index (χ3n) is 2.57. The van der Waals surface area contributed by atoms with Crippen LogP contribution in [0.3, 0.4) is 0 Å². The van der Waals surface area contributed by atoms with Gasteiger partial charge in [0, 0.05) is 18.7 Å². The third-order valence-corrected chi connectivity index (χ3v) is 2.57. The molecule has 0 saturated carbocycles. The van der Waals surface area contributed by atoms with Crippen LogP contribution in [0.5, 0.6) is 0 Å². The standard InChI is InChI=1S/C12H15N3O/c1-16-8-12(15-13)10-5-4-9-3-2-6-14-11(9)7-10/h2-7,12,15H,8,13H2,1H3. The first-order valence-corrected chi connectivity index (χ1v) is 5.15. The van der Waals surface area contributed by atoms with Crippen molar-refractivity contribution in [2.75, 3.05) is 13.7 Å². The van der Waals surface area contributed by atoms with Crippen molar-refractivity contribution < 1.29 is 4.74 Å². The lowest BCUT2D eigenvalue weighted by Crippen LogP contribution is -2.31. The molecule has 2 rings (SSSR count). The van der Waals surface area contributed by atoms with Crippen molar-refractivity contribution in [3.63, 3.8) is 0 Å². The molecule has 84 valence electrons. The fourth-order valence-electron chi connectivity index (χ4n) is 1.71. The molecule has 0 aliphatic rings. The Balaban J connectivity index is 2.37. The number of nitrogens with one attached hydrogen (secondary N) is 1. The number of aromatic nitrogens is 1. The summed E-state index contributed by atoms with van der Waals surface area (Å²) in [5, 5.41) is 1.12. The summed E-state index contributed by atoms with van der Waals surface area (Å²) in [5.74, 6) is 5.48. The highest BCUT2D eigenvalue weighted by atomic mass is 16.5. The second kappa shape index (κ2) is 5.03. The molecule has 0 bridgehead atoms. The highest BCUT2D eigenvalue weighted by Gasteiger charge is 2.09. The number of pyridine rings is 1. The molecule has 4 nitrogen and oxygen atoms in total. The normalized spacial score (nSPS) is 12.9. The molecule has 1 aromatic carbocycles. The summed E-state index contributed by atoms with van der Waals surface area (Å²) in [6, 6.07) is 10.1. The smallest absolute Gasteiger partial charge is 0.0705 e. The zero-order valence-corrected chi connectivity index (χ0v) is 9.18. The summed E-state index contributed by atoms with van der Waals surface area (Å²) < 4.78 is 5.10. The van der Waals surface area contributed by atoms with Crippen molar-refractivity contribution in [3.8, 4) is 0 Å². The van der Waals surface area contributed by atoms with Crippen molar-refractivity contribution in [1.82, 2.24) is 10.4 Å². The van der Waals surface area contributed by atoms with Crippen molar-refractivity contribution in [2.24, 2.45) is 5.84 Å². The Morgan fingerprint density at radius 2 is 2.31 bits per heavy atom. The monoisotopic (exact) mass is 217 g/mol. The maximum atomic E-state index is 5.48. The van der Waals surface area contributed by atoms with E-state index in [4.69, 9.17) is 10.6 Å². The number of nitrogens with two attached hydrogens (primary N) is 1. The lowest BCUT2D eigenvalue weighted by Gasteiger charge is -2.15. The fourth-order valence-corrected chi connectivity index (χ4v) is 1.71. The predicted molar refractivity (Wildman–Crippen MR) is 63.7 cm³/mol. The van der Waals surface area contributed by atoms with Gasteiger partial charge in [-0.1, -0.05) is 18.2 Å². The van der Waals surface area contributed by atoms with E-state index in [-0.39, 0.29) is 6.04 Å². The number of hydrazine groups is 1. The van der Waals surface area contributed by atoms with Crippen LogP contribution in [0.1, 0.15) is 11.6 Å². The lowest BCUT2D eigenvalue weighted by atomic mass is 10.1. The average molecular weight is 217 g/mol. The van der Waals surface area contributed by atoms with Crippen molar-refractivity contribution in [3.05, 3.63) is 42.1 Å². The van der Waals surface area contributed by atoms with Crippen molar-refractivity contribution >= 4 is 10.9 Å². The van der Waals surface area contributed by atoms with Crippen LogP contribution < -0.4 is 11.3 Å². The maximum Gasteiger partial charge on any atom is 0.0705 e. The van der Waals surface area contributed by atoms with Gasteiger partial charge in [0.15, 0.2) is 0 Å². The summed E-state index contributed by atoms with van der Waals surface area (Å²) in [4.78, 5) is 4.31. The first kappa shape index (κ1) is 11.0. The van der Waals surface area contributed by atoms with Gasteiger partial charge in [0.1, 0.15) is 0 Å². The first-order valence-electron chi connectivity index (χ1n) is 5.15. The Morgan fingerprint density at radius 1 is 1.44 bits per heavy atom. The van der Waals surface area contributed by atoms with Crippen LogP contribution in [-0.2, 0) is 4.74 Å². The molecule has 0 amide bonds. The van der Waals surface area contributed by atoms with Crippen LogP contribution in [0.2, 0.25) is 0 Å². The molecule has 1 atom stereocenters. The van der Waals surface area contributed by atoms with Gasteiger partial charge in [0.25, 0.3) is 0 Å². The van der Waals surface area contributed by atoms with Gasteiger partial charge in [0.2, 0.25) is 0 Å². The van der Waals surface area contributed by atoms with Gasteiger partial charge in [-0.2, -0.15) is 0 Å². The van der Waals surface area contributed by atoms with Crippen molar-refractivity contribution in [1.29, 1.82) is 0 Å². The number of rotatable bonds is 4. The van der Waals surface area contributed by atoms with Crippen LogP contribution in [-0.4, -0.2) is 18.7 Å². The Labute approximate surface area is 94.4 Å². The molecule has 3 N–H and O–H groups in total. The minimum atomic E-state index is -0.00333. The quantitative estimate of drug-likeness (QED) is 0.600. The van der Waals surface area contributed by atoms with Crippen molar-refractivity contribution in [2.45, 2.75) is 6.04 Å². The first-order chi connectivity index (χ1) is 7.85. The molecular formula is C12H15N3O. The summed E-state index contributed by atoms with van der Waals surface area (Å²) >= 11 is 0. The number of ether oxygens (including phenoxy) is 1. The van der Waals surface area contributed by atoms with Crippen LogP contribution in [0, 0.1) is 0 Å². The maximum absolute atomic E-state index is 5.48. The number of hydrogen-bond donors (Lipinski definition) is 2. The van der Waals surface area contributed by atoms with E-state index in [2.05, 4.69) is 10.4 Å². The minimum absolute atomic E-state index is 0.00333. The van der Waals surface area contributed by atoms with Gasteiger partial charge < -0.3 is 4.74 Å². The number of fused-ring (bicyclic) bond motifs is 1. The van der Waals surface area contributed by atoms with Crippen LogP contribution in [0.15, 0.2) is 36.5 Å². The van der Waals surface area contributed by atoms with E-state index in [1.807, 2.05) is 30.3 Å². The number of methoxy groups -OCH3 is 1. The molecule has 1 heterocycles. The topological polar surface area (TPSA) is 60.2 Å². The second-order valence-electron chi connectivity index (χ2n) is 3.63. The summed E-state index contributed by atoms with van der Waals surface area (Å²) in [7, 11) is 1.66. The van der Waals surface area contributed by atoms with E-state index < -0.39 is 0 Å². The third kappa shape index (κ3) is 2.19. The van der Waals surface area contributed by atoms with E-state index in [1.165, 1.54) is 0 Å². The molecule has 0 aliphatic heterocycles. The Bertz CT molecular complexity index is 473. The average Bonchev–Trinajstić information content (AvgIpc) is 2.35. The van der Waals surface area contributed by atoms with Gasteiger partial charge in [-0.3, -0.25) is 16.3 Å². The Kier molecular flexibility index (Phi) is 3.46. The summed E-state index contributed by atoms with van der Waals surface area (Å²) in [5.41, 5.74) is 4.78. The molecule has 1 aromatic heterocycles. The highest BCUT2D eigenvalue weighted by Crippen LogP contribution is 2.18. The Hall–Kier alpha value is -1.49. The van der Waals surface area contributed by atoms with Gasteiger partial charge in [-0.25, -0.2) is 0 Å². The SMILES string of the molecule is COCC(NN)c1ccc2cccnc2c1. The van der Waals surface area contributed by atoms with Gasteiger partial charge >= 0.3 is 0 Å². The molecule has 2 aromatic rings. The van der Waals surface area contributed by atoms with Gasteiger partial charge in [-0.05, 0) is 17.7 Å². The van der Waals surface area contributed by atoms with E-state index in [0.717, 1.165) is 16.5 Å². The molecular weight excluding hydrogens is 202 g/mol. The number of nitrogens with zero attached hydrogens (tertiary/aromatic N) is 1. The predicted octanol–water partition coefficient (Wildman–Crippen LogP) is 1.39. The minimum Gasteiger partial charge on any atom is -0.383 e. The van der Waals surface area contributed by atoms with Crippen LogP contribution in [0.25, 0.3) is 10.9 Å². The summed E-state index contributed by atoms with van der Waals surface area (Å²) in [6.45, 7) is 0.537. The zero-order valence-electron chi connectivity index (χ0n) is 9.18. The summed E-state index contributed by atoms with van der Waals surface area (Å²) in [6.07, 6.45) is 1.79. The molecule has 1 unspecified atom stereocenters. The fraction of sp³-hybridized carbons (Fsp3) is 0.250. The molecule has 0 radical (unpaired) electrons. The molecule has 16 heavy (non-hydrogen) atoms. The molecule has 0 aliphatic carbocycles. The van der Waals surface area contributed by atoms with Gasteiger partial charge in [-0.15, -0.1) is 0 Å². The van der Waals surface area contributed by atoms with E-state index in [9.17, 15) is 0 Å². The van der Waals surface area contributed by atoms with E-state index in [0.29, 0.717) is 6.61 Å².